The van der Waals surface area contributed by atoms with Crippen LogP contribution in [0, 0.1) is 0 Å². The second-order valence-corrected chi connectivity index (χ2v) is 3.30. The molecule has 0 saturated carbocycles. The minimum Gasteiger partial charge on any atom is -0.494 e. The summed E-state index contributed by atoms with van der Waals surface area (Å²) in [4.78, 5) is 15.0. The van der Waals surface area contributed by atoms with Gasteiger partial charge >= 0.3 is 5.97 Å². The molecular formula is C10H10ClF2NO3. The van der Waals surface area contributed by atoms with Crippen LogP contribution in [-0.2, 0) is 4.74 Å². The zero-order valence-electron chi connectivity index (χ0n) is 9.17. The van der Waals surface area contributed by atoms with Crippen LogP contribution in [0.4, 0.5) is 8.78 Å². The van der Waals surface area contributed by atoms with Crippen LogP contribution in [0.25, 0.3) is 0 Å². The number of methoxy groups -OCH3 is 1. The van der Waals surface area contributed by atoms with E-state index < -0.39 is 23.1 Å². The smallest absolute Gasteiger partial charge is 0.343 e. The summed E-state index contributed by atoms with van der Waals surface area (Å²) in [5.41, 5.74) is -0.906. The van der Waals surface area contributed by atoms with E-state index in [9.17, 15) is 13.6 Å². The lowest BCUT2D eigenvalue weighted by Gasteiger charge is -2.11. The summed E-state index contributed by atoms with van der Waals surface area (Å²) in [5, 5.41) is -0.446. The second kappa shape index (κ2) is 5.77. The van der Waals surface area contributed by atoms with E-state index in [2.05, 4.69) is 4.98 Å². The Balaban J connectivity index is 3.32. The predicted octanol–water partition coefficient (Wildman–Crippen LogP) is 2.86. The summed E-state index contributed by atoms with van der Waals surface area (Å²) in [5.74, 6) is -0.823. The van der Waals surface area contributed by atoms with E-state index in [4.69, 9.17) is 21.1 Å². The van der Waals surface area contributed by atoms with Crippen molar-refractivity contribution >= 4 is 17.6 Å². The molecule has 0 atom stereocenters. The van der Waals surface area contributed by atoms with Gasteiger partial charge in [-0.05, 0) is 6.92 Å². The fourth-order valence-electron chi connectivity index (χ4n) is 1.19. The average Bonchev–Trinajstić information content (AvgIpc) is 2.27. The molecule has 7 heteroatoms. The van der Waals surface area contributed by atoms with Crippen LogP contribution < -0.4 is 4.74 Å². The Morgan fingerprint density at radius 2 is 2.24 bits per heavy atom. The number of nitrogens with zero attached hydrogens (tertiary/aromatic N) is 1. The van der Waals surface area contributed by atoms with Crippen molar-refractivity contribution in [3.8, 4) is 5.75 Å². The fraction of sp³-hybridized carbons (Fsp3) is 0.400. The summed E-state index contributed by atoms with van der Waals surface area (Å²) in [6.45, 7) is 1.69. The number of carbonyl (C=O) groups excluding carboxylic acids is 1. The molecule has 0 unspecified atom stereocenters. The Morgan fingerprint density at radius 3 is 2.71 bits per heavy atom. The van der Waals surface area contributed by atoms with Crippen molar-refractivity contribution in [2.24, 2.45) is 0 Å². The highest BCUT2D eigenvalue weighted by Gasteiger charge is 2.25. The summed E-state index contributed by atoms with van der Waals surface area (Å²) in [6, 6.07) is 0. The number of hydrogen-bond acceptors (Lipinski definition) is 4. The SMILES string of the molecule is CCOC(=O)c1c(OC)cnc(C(F)F)c1Cl. The highest BCUT2D eigenvalue weighted by molar-refractivity contribution is 6.34. The van der Waals surface area contributed by atoms with Gasteiger partial charge in [-0.15, -0.1) is 0 Å². The van der Waals surface area contributed by atoms with Crippen LogP contribution in [0.1, 0.15) is 29.4 Å². The molecule has 0 radical (unpaired) electrons. The molecular weight excluding hydrogens is 256 g/mol. The largest absolute Gasteiger partial charge is 0.494 e. The third-order valence-electron chi connectivity index (χ3n) is 1.92. The summed E-state index contributed by atoms with van der Waals surface area (Å²) in [6.07, 6.45) is -1.86. The number of hydrogen-bond donors (Lipinski definition) is 0. The maximum atomic E-state index is 12.6. The van der Waals surface area contributed by atoms with Gasteiger partial charge in [-0.25, -0.2) is 18.6 Å². The zero-order valence-corrected chi connectivity index (χ0v) is 9.92. The molecule has 1 heterocycles. The van der Waals surface area contributed by atoms with Gasteiger partial charge in [0.15, 0.2) is 5.75 Å². The maximum Gasteiger partial charge on any atom is 0.343 e. The third kappa shape index (κ3) is 2.82. The molecule has 0 aromatic carbocycles. The lowest BCUT2D eigenvalue weighted by molar-refractivity contribution is 0.0522. The van der Waals surface area contributed by atoms with Crippen molar-refractivity contribution in [3.63, 3.8) is 0 Å². The highest BCUT2D eigenvalue weighted by atomic mass is 35.5. The first-order valence-electron chi connectivity index (χ1n) is 4.70. The van der Waals surface area contributed by atoms with Gasteiger partial charge in [0.25, 0.3) is 6.43 Å². The third-order valence-corrected chi connectivity index (χ3v) is 2.30. The average molecular weight is 266 g/mol. The predicted molar refractivity (Wildman–Crippen MR) is 56.7 cm³/mol. The first kappa shape index (κ1) is 13.6. The molecule has 4 nitrogen and oxygen atoms in total. The number of esters is 1. The number of pyridine rings is 1. The molecule has 0 saturated heterocycles. The molecule has 0 aliphatic heterocycles. The van der Waals surface area contributed by atoms with Crippen LogP contribution in [0.2, 0.25) is 5.02 Å². The Bertz CT molecular complexity index is 426. The van der Waals surface area contributed by atoms with Crippen molar-refractivity contribution in [1.29, 1.82) is 0 Å². The summed E-state index contributed by atoms with van der Waals surface area (Å²) < 4.78 is 34.7. The molecule has 0 amide bonds. The monoisotopic (exact) mass is 265 g/mol. The topological polar surface area (TPSA) is 48.4 Å². The molecule has 1 aromatic heterocycles. The van der Waals surface area contributed by atoms with Gasteiger partial charge in [0.1, 0.15) is 11.3 Å². The molecule has 1 aromatic rings. The van der Waals surface area contributed by atoms with Crippen molar-refractivity contribution < 1.29 is 23.0 Å². The van der Waals surface area contributed by atoms with E-state index in [-0.39, 0.29) is 17.9 Å². The number of ether oxygens (including phenoxy) is 2. The van der Waals surface area contributed by atoms with Crippen molar-refractivity contribution in [1.82, 2.24) is 4.98 Å². The lowest BCUT2D eigenvalue weighted by Crippen LogP contribution is -2.10. The molecule has 94 valence electrons. The Hall–Kier alpha value is -1.43. The van der Waals surface area contributed by atoms with Crippen molar-refractivity contribution in [2.75, 3.05) is 13.7 Å². The molecule has 0 aliphatic carbocycles. The van der Waals surface area contributed by atoms with E-state index in [0.717, 1.165) is 6.20 Å². The van der Waals surface area contributed by atoms with E-state index in [1.54, 1.807) is 6.92 Å². The molecule has 17 heavy (non-hydrogen) atoms. The summed E-state index contributed by atoms with van der Waals surface area (Å²) >= 11 is 5.69. The van der Waals surface area contributed by atoms with Gasteiger partial charge in [-0.1, -0.05) is 11.6 Å². The highest BCUT2D eigenvalue weighted by Crippen LogP contribution is 2.33. The van der Waals surface area contributed by atoms with Crippen molar-refractivity contribution in [2.45, 2.75) is 13.3 Å². The minimum absolute atomic E-state index is 0.00199. The first-order valence-corrected chi connectivity index (χ1v) is 5.08. The van der Waals surface area contributed by atoms with Crippen LogP contribution >= 0.6 is 11.6 Å². The number of rotatable bonds is 4. The van der Waals surface area contributed by atoms with E-state index in [1.807, 2.05) is 0 Å². The number of alkyl halides is 2. The van der Waals surface area contributed by atoms with Gasteiger partial charge < -0.3 is 9.47 Å². The standard InChI is InChI=1S/C10H10ClF2NO3/c1-3-17-10(15)6-5(16-2)4-14-8(7(6)11)9(12)13/h4,9H,3H2,1-2H3. The van der Waals surface area contributed by atoms with Crippen LogP contribution in [0.3, 0.4) is 0 Å². The van der Waals surface area contributed by atoms with E-state index >= 15 is 0 Å². The number of aromatic nitrogens is 1. The number of halogens is 3. The van der Waals surface area contributed by atoms with Gasteiger partial charge in [-0.3, -0.25) is 0 Å². The minimum atomic E-state index is -2.87. The first-order chi connectivity index (χ1) is 8.02. The molecule has 0 aliphatic rings. The van der Waals surface area contributed by atoms with Crippen LogP contribution in [-0.4, -0.2) is 24.7 Å². The summed E-state index contributed by atoms with van der Waals surface area (Å²) in [7, 11) is 1.28. The fourth-order valence-corrected chi connectivity index (χ4v) is 1.49. The van der Waals surface area contributed by atoms with Gasteiger partial charge in [0, 0.05) is 0 Å². The molecule has 0 bridgehead atoms. The van der Waals surface area contributed by atoms with Gasteiger partial charge in [0.05, 0.1) is 24.9 Å². The van der Waals surface area contributed by atoms with Crippen molar-refractivity contribution in [3.05, 3.63) is 22.5 Å². The van der Waals surface area contributed by atoms with Crippen LogP contribution in [0.5, 0.6) is 5.75 Å². The van der Waals surface area contributed by atoms with Crippen LogP contribution in [0.15, 0.2) is 6.20 Å². The lowest BCUT2D eigenvalue weighted by atomic mass is 10.2. The Kier molecular flexibility index (Phi) is 4.62. The molecule has 0 fully saturated rings. The van der Waals surface area contributed by atoms with Gasteiger partial charge in [0.2, 0.25) is 0 Å². The molecule has 0 spiro atoms. The zero-order chi connectivity index (χ0) is 13.0. The quantitative estimate of drug-likeness (QED) is 0.786. The van der Waals surface area contributed by atoms with E-state index in [1.165, 1.54) is 7.11 Å². The normalized spacial score (nSPS) is 10.5. The Labute approximate surface area is 101 Å². The second-order valence-electron chi connectivity index (χ2n) is 2.92. The molecule has 0 N–H and O–H groups in total. The van der Waals surface area contributed by atoms with Gasteiger partial charge in [-0.2, -0.15) is 0 Å². The number of carbonyl (C=O) groups is 1. The Morgan fingerprint density at radius 1 is 1.59 bits per heavy atom. The molecule has 1 rings (SSSR count). The van der Waals surface area contributed by atoms with E-state index in [0.29, 0.717) is 0 Å². The maximum absolute atomic E-state index is 12.6.